The highest BCUT2D eigenvalue weighted by molar-refractivity contribution is 7.92. The lowest BCUT2D eigenvalue weighted by Gasteiger charge is -2.36. The fourth-order valence-corrected chi connectivity index (χ4v) is 5.40. The standard InChI is InChI=1S/C27H31N3O4S/c1-21-8-14-24(15-9-21)35(32,33)28(2)23-12-10-22(11-13-23)20-27(31)30-18-16-29(17-19-30)25-6-4-5-7-26(25)34-3/h4-15H,16-20H2,1-3H3. The van der Waals surface area contributed by atoms with Crippen LogP contribution in [0.1, 0.15) is 11.1 Å². The van der Waals surface area contributed by atoms with Crippen LogP contribution in [-0.2, 0) is 21.2 Å². The van der Waals surface area contributed by atoms with E-state index in [1.807, 2.05) is 48.2 Å². The van der Waals surface area contributed by atoms with Crippen molar-refractivity contribution >= 4 is 27.3 Å². The van der Waals surface area contributed by atoms with Crippen LogP contribution in [0.4, 0.5) is 11.4 Å². The molecule has 0 N–H and O–H groups in total. The van der Waals surface area contributed by atoms with E-state index in [1.165, 1.54) is 11.4 Å². The summed E-state index contributed by atoms with van der Waals surface area (Å²) in [7, 11) is -0.446. The number of aryl methyl sites for hydroxylation is 1. The molecule has 1 aliphatic rings. The zero-order chi connectivity index (χ0) is 25.0. The Labute approximate surface area is 207 Å². The number of para-hydroxylation sites is 2. The van der Waals surface area contributed by atoms with Crippen LogP contribution in [-0.4, -0.2) is 59.6 Å². The quantitative estimate of drug-likeness (QED) is 0.502. The van der Waals surface area contributed by atoms with Crippen molar-refractivity contribution in [1.29, 1.82) is 0 Å². The molecule has 3 aromatic rings. The number of methoxy groups -OCH3 is 1. The predicted molar refractivity (Wildman–Crippen MR) is 139 cm³/mol. The molecule has 1 fully saturated rings. The van der Waals surface area contributed by atoms with E-state index in [9.17, 15) is 13.2 Å². The lowest BCUT2D eigenvalue weighted by Crippen LogP contribution is -2.49. The van der Waals surface area contributed by atoms with E-state index in [1.54, 1.807) is 43.5 Å². The maximum Gasteiger partial charge on any atom is 0.264 e. The molecule has 0 aliphatic carbocycles. The van der Waals surface area contributed by atoms with Crippen molar-refractivity contribution < 1.29 is 17.9 Å². The van der Waals surface area contributed by atoms with Crippen LogP contribution in [0.25, 0.3) is 0 Å². The third kappa shape index (κ3) is 5.43. The molecule has 7 nitrogen and oxygen atoms in total. The van der Waals surface area contributed by atoms with Crippen molar-refractivity contribution in [2.75, 3.05) is 49.5 Å². The first kappa shape index (κ1) is 24.6. The van der Waals surface area contributed by atoms with E-state index in [0.717, 1.165) is 35.7 Å². The van der Waals surface area contributed by atoms with Crippen molar-refractivity contribution in [3.8, 4) is 5.75 Å². The van der Waals surface area contributed by atoms with Gasteiger partial charge in [0.2, 0.25) is 5.91 Å². The largest absolute Gasteiger partial charge is 0.495 e. The number of amides is 1. The first-order chi connectivity index (χ1) is 16.8. The first-order valence-electron chi connectivity index (χ1n) is 11.6. The highest BCUT2D eigenvalue weighted by Gasteiger charge is 2.24. The van der Waals surface area contributed by atoms with E-state index < -0.39 is 10.0 Å². The van der Waals surface area contributed by atoms with Crippen LogP contribution in [0, 0.1) is 6.92 Å². The maximum atomic E-state index is 12.9. The summed E-state index contributed by atoms with van der Waals surface area (Å²) in [5.41, 5.74) is 3.45. The molecule has 0 bridgehead atoms. The fourth-order valence-electron chi connectivity index (χ4n) is 4.21. The highest BCUT2D eigenvalue weighted by atomic mass is 32.2. The number of anilines is 2. The minimum Gasteiger partial charge on any atom is -0.495 e. The van der Waals surface area contributed by atoms with Crippen molar-refractivity contribution in [2.24, 2.45) is 0 Å². The second kappa shape index (κ2) is 10.4. The summed E-state index contributed by atoms with van der Waals surface area (Å²) in [4.78, 5) is 17.3. The van der Waals surface area contributed by atoms with E-state index in [0.29, 0.717) is 18.8 Å². The van der Waals surface area contributed by atoms with Crippen LogP contribution in [0.3, 0.4) is 0 Å². The molecule has 8 heteroatoms. The Bertz CT molecular complexity index is 1270. The minimum absolute atomic E-state index is 0.0676. The topological polar surface area (TPSA) is 70.2 Å². The first-order valence-corrected chi connectivity index (χ1v) is 13.0. The molecular weight excluding hydrogens is 462 g/mol. The summed E-state index contributed by atoms with van der Waals surface area (Å²) in [6.45, 7) is 4.69. The van der Waals surface area contributed by atoms with Gasteiger partial charge in [-0.1, -0.05) is 42.0 Å². The van der Waals surface area contributed by atoms with Gasteiger partial charge in [0.15, 0.2) is 0 Å². The number of hydrogen-bond acceptors (Lipinski definition) is 5. The Hall–Kier alpha value is -3.52. The Kier molecular flexibility index (Phi) is 7.31. The van der Waals surface area contributed by atoms with Crippen LogP contribution in [0.2, 0.25) is 0 Å². The molecule has 1 heterocycles. The lowest BCUT2D eigenvalue weighted by molar-refractivity contribution is -0.130. The van der Waals surface area contributed by atoms with E-state index in [-0.39, 0.29) is 17.2 Å². The number of rotatable bonds is 7. The van der Waals surface area contributed by atoms with Crippen molar-refractivity contribution in [1.82, 2.24) is 4.90 Å². The number of carbonyl (C=O) groups excluding carboxylic acids is 1. The third-order valence-electron chi connectivity index (χ3n) is 6.39. The number of carbonyl (C=O) groups is 1. The average molecular weight is 494 g/mol. The molecule has 1 saturated heterocycles. The molecular formula is C27H31N3O4S. The number of piperazine rings is 1. The summed E-state index contributed by atoms with van der Waals surface area (Å²) in [5.74, 6) is 0.903. The van der Waals surface area contributed by atoms with Gasteiger partial charge in [-0.2, -0.15) is 0 Å². The van der Waals surface area contributed by atoms with Gasteiger partial charge in [0, 0.05) is 33.2 Å². The minimum atomic E-state index is -3.65. The molecule has 4 rings (SSSR count). The molecule has 0 aromatic heterocycles. The molecule has 0 unspecified atom stereocenters. The molecule has 0 radical (unpaired) electrons. The molecule has 184 valence electrons. The Balaban J connectivity index is 1.36. The number of ether oxygens (including phenoxy) is 1. The van der Waals surface area contributed by atoms with E-state index in [4.69, 9.17) is 4.74 Å². The van der Waals surface area contributed by atoms with Crippen molar-refractivity contribution in [3.05, 3.63) is 83.9 Å². The Morgan fingerprint density at radius 2 is 1.54 bits per heavy atom. The number of benzene rings is 3. The van der Waals surface area contributed by atoms with Gasteiger partial charge in [-0.3, -0.25) is 9.10 Å². The lowest BCUT2D eigenvalue weighted by atomic mass is 10.1. The number of hydrogen-bond donors (Lipinski definition) is 0. The molecule has 1 aliphatic heterocycles. The van der Waals surface area contributed by atoms with Crippen molar-refractivity contribution in [2.45, 2.75) is 18.2 Å². The van der Waals surface area contributed by atoms with Gasteiger partial charge in [-0.15, -0.1) is 0 Å². The predicted octanol–water partition coefficient (Wildman–Crippen LogP) is 3.72. The molecule has 0 atom stereocenters. The van der Waals surface area contributed by atoms with Gasteiger partial charge in [-0.05, 0) is 48.9 Å². The normalized spacial score (nSPS) is 14.0. The van der Waals surface area contributed by atoms with Crippen molar-refractivity contribution in [3.63, 3.8) is 0 Å². The van der Waals surface area contributed by atoms with Crippen LogP contribution in [0.5, 0.6) is 5.75 Å². The van der Waals surface area contributed by atoms with Gasteiger partial charge in [0.1, 0.15) is 5.75 Å². The molecule has 35 heavy (non-hydrogen) atoms. The molecule has 3 aromatic carbocycles. The average Bonchev–Trinajstić information content (AvgIpc) is 2.89. The fraction of sp³-hybridized carbons (Fsp3) is 0.296. The second-order valence-electron chi connectivity index (χ2n) is 8.67. The SMILES string of the molecule is COc1ccccc1N1CCN(C(=O)Cc2ccc(N(C)S(=O)(=O)c3ccc(C)cc3)cc2)CC1. The molecule has 0 saturated carbocycles. The summed E-state index contributed by atoms with van der Waals surface area (Å²) in [5, 5.41) is 0. The zero-order valence-corrected chi connectivity index (χ0v) is 21.2. The summed E-state index contributed by atoms with van der Waals surface area (Å²) in [6.07, 6.45) is 0.281. The van der Waals surface area contributed by atoms with E-state index in [2.05, 4.69) is 4.90 Å². The van der Waals surface area contributed by atoms with Gasteiger partial charge in [0.05, 0.1) is 29.8 Å². The summed E-state index contributed by atoms with van der Waals surface area (Å²) < 4.78 is 32.6. The van der Waals surface area contributed by atoms with Crippen LogP contribution >= 0.6 is 0 Å². The van der Waals surface area contributed by atoms with Gasteiger partial charge in [-0.25, -0.2) is 8.42 Å². The van der Waals surface area contributed by atoms with Gasteiger partial charge in [0.25, 0.3) is 10.0 Å². The van der Waals surface area contributed by atoms with Crippen LogP contribution in [0.15, 0.2) is 77.7 Å². The molecule has 1 amide bonds. The summed E-state index contributed by atoms with van der Waals surface area (Å²) >= 11 is 0. The zero-order valence-electron chi connectivity index (χ0n) is 20.3. The Morgan fingerprint density at radius 3 is 2.17 bits per heavy atom. The number of nitrogens with zero attached hydrogens (tertiary/aromatic N) is 3. The van der Waals surface area contributed by atoms with E-state index >= 15 is 0 Å². The monoisotopic (exact) mass is 493 g/mol. The maximum absolute atomic E-state index is 12.9. The summed E-state index contributed by atoms with van der Waals surface area (Å²) in [6, 6.07) is 21.8. The number of sulfonamides is 1. The van der Waals surface area contributed by atoms with Crippen LogP contribution < -0.4 is 13.9 Å². The molecule has 0 spiro atoms. The highest BCUT2D eigenvalue weighted by Crippen LogP contribution is 2.28. The van der Waals surface area contributed by atoms with Gasteiger partial charge < -0.3 is 14.5 Å². The Morgan fingerprint density at radius 1 is 0.914 bits per heavy atom. The second-order valence-corrected chi connectivity index (χ2v) is 10.6. The van der Waals surface area contributed by atoms with Gasteiger partial charge >= 0.3 is 0 Å². The smallest absolute Gasteiger partial charge is 0.264 e. The third-order valence-corrected chi connectivity index (χ3v) is 8.19.